The summed E-state index contributed by atoms with van der Waals surface area (Å²) in [5.41, 5.74) is 4.06. The number of nitriles is 1. The van der Waals surface area contributed by atoms with Crippen molar-refractivity contribution >= 4 is 11.5 Å². The van der Waals surface area contributed by atoms with Crippen molar-refractivity contribution in [2.45, 2.75) is 32.6 Å². The monoisotopic (exact) mass is 484 g/mol. The van der Waals surface area contributed by atoms with Gasteiger partial charge in [-0.15, -0.1) is 5.10 Å². The van der Waals surface area contributed by atoms with E-state index in [-0.39, 0.29) is 5.56 Å². The molecule has 7 heteroatoms. The number of fused-ring (bicyclic) bond motifs is 3. The summed E-state index contributed by atoms with van der Waals surface area (Å²) in [6.45, 7) is 8.95. The van der Waals surface area contributed by atoms with E-state index < -0.39 is 5.82 Å². The van der Waals surface area contributed by atoms with Crippen LogP contribution in [0.1, 0.15) is 38.2 Å². The summed E-state index contributed by atoms with van der Waals surface area (Å²) in [6, 6.07) is 17.2. The van der Waals surface area contributed by atoms with Gasteiger partial charge in [0.05, 0.1) is 16.9 Å². The molecular formula is C29H33FN6. The molecule has 1 atom stereocenters. The number of halogens is 1. The van der Waals surface area contributed by atoms with Crippen molar-refractivity contribution in [1.29, 1.82) is 5.26 Å². The van der Waals surface area contributed by atoms with Crippen LogP contribution in [0.5, 0.6) is 0 Å². The molecule has 1 unspecified atom stereocenters. The van der Waals surface area contributed by atoms with Crippen molar-refractivity contribution < 1.29 is 4.39 Å². The molecule has 7 rings (SSSR count). The van der Waals surface area contributed by atoms with Gasteiger partial charge in [0.1, 0.15) is 17.7 Å². The first-order valence-corrected chi connectivity index (χ1v) is 13.1. The van der Waals surface area contributed by atoms with Gasteiger partial charge >= 0.3 is 0 Å². The SMILES string of the molecule is CC1CCN(c2ccc(-n3nc(NCC45CCN(CC4)CC5)cc3-c3ccc(C#N)c(F)c3)cc2)C1. The predicted octanol–water partition coefficient (Wildman–Crippen LogP) is 5.29. The third-order valence-electron chi connectivity index (χ3n) is 8.50. The number of rotatable bonds is 6. The maximum atomic E-state index is 14.5. The Hall–Kier alpha value is -3.37. The molecule has 3 aromatic rings. The Bertz CT molecular complexity index is 1270. The van der Waals surface area contributed by atoms with E-state index in [1.54, 1.807) is 12.1 Å². The summed E-state index contributed by atoms with van der Waals surface area (Å²) in [5, 5.41) is 17.7. The Morgan fingerprint density at radius 2 is 1.75 bits per heavy atom. The van der Waals surface area contributed by atoms with Crippen LogP contribution < -0.4 is 10.2 Å². The summed E-state index contributed by atoms with van der Waals surface area (Å²) >= 11 is 0. The van der Waals surface area contributed by atoms with Crippen molar-refractivity contribution in [2.75, 3.05) is 49.5 Å². The van der Waals surface area contributed by atoms with Gasteiger partial charge in [0, 0.05) is 37.0 Å². The highest BCUT2D eigenvalue weighted by molar-refractivity contribution is 5.67. The molecule has 1 aromatic heterocycles. The molecule has 0 amide bonds. The molecule has 4 fully saturated rings. The number of piperidine rings is 3. The van der Waals surface area contributed by atoms with E-state index in [1.165, 1.54) is 57.1 Å². The Labute approximate surface area is 212 Å². The van der Waals surface area contributed by atoms with Crippen molar-refractivity contribution in [3.8, 4) is 23.0 Å². The molecule has 0 radical (unpaired) electrons. The molecule has 0 saturated carbocycles. The molecule has 1 N–H and O–H groups in total. The molecule has 0 spiro atoms. The lowest BCUT2D eigenvalue weighted by atomic mass is 9.72. The van der Waals surface area contributed by atoms with Crippen LogP contribution in [-0.4, -0.2) is 53.9 Å². The number of hydrogen-bond acceptors (Lipinski definition) is 5. The lowest BCUT2D eigenvalue weighted by Crippen LogP contribution is -2.50. The van der Waals surface area contributed by atoms with Crippen molar-refractivity contribution in [1.82, 2.24) is 14.7 Å². The molecule has 0 aliphatic carbocycles. The Morgan fingerprint density at radius 3 is 2.39 bits per heavy atom. The highest BCUT2D eigenvalue weighted by Gasteiger charge is 2.39. The summed E-state index contributed by atoms with van der Waals surface area (Å²) in [4.78, 5) is 4.98. The molecule has 36 heavy (non-hydrogen) atoms. The van der Waals surface area contributed by atoms with Gasteiger partial charge in [-0.2, -0.15) is 5.26 Å². The molecule has 5 heterocycles. The van der Waals surface area contributed by atoms with Gasteiger partial charge in [-0.25, -0.2) is 9.07 Å². The second-order valence-corrected chi connectivity index (χ2v) is 10.9. The van der Waals surface area contributed by atoms with E-state index in [0.29, 0.717) is 11.0 Å². The van der Waals surface area contributed by atoms with Gasteiger partial charge in [0.15, 0.2) is 0 Å². The minimum absolute atomic E-state index is 0.0510. The maximum absolute atomic E-state index is 14.5. The van der Waals surface area contributed by atoms with Gasteiger partial charge in [0.25, 0.3) is 0 Å². The van der Waals surface area contributed by atoms with Gasteiger partial charge in [-0.3, -0.25) is 0 Å². The number of nitrogens with zero attached hydrogens (tertiary/aromatic N) is 5. The van der Waals surface area contributed by atoms with Crippen LogP contribution in [0.15, 0.2) is 48.5 Å². The molecule has 2 aromatic carbocycles. The average molecular weight is 485 g/mol. The third-order valence-corrected chi connectivity index (χ3v) is 8.50. The molecule has 4 aliphatic rings. The summed E-state index contributed by atoms with van der Waals surface area (Å²) < 4.78 is 16.4. The summed E-state index contributed by atoms with van der Waals surface area (Å²) in [7, 11) is 0. The van der Waals surface area contributed by atoms with E-state index in [4.69, 9.17) is 10.4 Å². The number of nitrogens with one attached hydrogen (secondary N) is 1. The number of aromatic nitrogens is 2. The van der Waals surface area contributed by atoms with E-state index in [0.717, 1.165) is 42.8 Å². The largest absolute Gasteiger partial charge is 0.371 e. The van der Waals surface area contributed by atoms with E-state index >= 15 is 0 Å². The molecule has 6 nitrogen and oxygen atoms in total. The topological polar surface area (TPSA) is 60.1 Å². The van der Waals surface area contributed by atoms with Crippen LogP contribution in [0.25, 0.3) is 16.9 Å². The number of anilines is 2. The minimum Gasteiger partial charge on any atom is -0.371 e. The molecule has 2 bridgehead atoms. The lowest BCUT2D eigenvalue weighted by molar-refractivity contribution is 0.0360. The third kappa shape index (κ3) is 4.35. The molecule has 4 aliphatic heterocycles. The van der Waals surface area contributed by atoms with Gasteiger partial charge in [-0.1, -0.05) is 13.0 Å². The van der Waals surface area contributed by atoms with Crippen molar-refractivity contribution in [3.63, 3.8) is 0 Å². The zero-order valence-electron chi connectivity index (χ0n) is 20.9. The first-order chi connectivity index (χ1) is 17.5. The van der Waals surface area contributed by atoms with Crippen molar-refractivity contribution in [3.05, 3.63) is 59.9 Å². The molecule has 4 saturated heterocycles. The van der Waals surface area contributed by atoms with Crippen LogP contribution in [0.3, 0.4) is 0 Å². The quantitative estimate of drug-likeness (QED) is 0.515. The molecule has 186 valence electrons. The van der Waals surface area contributed by atoms with Crippen LogP contribution in [0, 0.1) is 28.5 Å². The van der Waals surface area contributed by atoms with E-state index in [2.05, 4.69) is 46.3 Å². The highest BCUT2D eigenvalue weighted by Crippen LogP contribution is 2.40. The van der Waals surface area contributed by atoms with Gasteiger partial charge in [0.2, 0.25) is 0 Å². The second-order valence-electron chi connectivity index (χ2n) is 10.9. The van der Waals surface area contributed by atoms with Gasteiger partial charge in [-0.05, 0) is 93.0 Å². The fraction of sp³-hybridized carbons (Fsp3) is 0.448. The maximum Gasteiger partial charge on any atom is 0.149 e. The van der Waals surface area contributed by atoms with E-state index in [1.807, 2.05) is 16.8 Å². The Morgan fingerprint density at radius 1 is 1.03 bits per heavy atom. The first-order valence-electron chi connectivity index (χ1n) is 13.1. The smallest absolute Gasteiger partial charge is 0.149 e. The normalized spacial score (nSPS) is 25.2. The zero-order chi connectivity index (χ0) is 24.7. The predicted molar refractivity (Wildman–Crippen MR) is 141 cm³/mol. The van der Waals surface area contributed by atoms with E-state index in [9.17, 15) is 4.39 Å². The number of hydrogen-bond donors (Lipinski definition) is 1. The average Bonchev–Trinajstić information content (AvgIpc) is 3.55. The number of benzene rings is 2. The highest BCUT2D eigenvalue weighted by atomic mass is 19.1. The second kappa shape index (κ2) is 9.25. The standard InChI is InChI=1S/C29H33FN6/c1-21-8-12-35(19-21)24-4-6-25(7-5-24)36-27(22-2-3-23(18-31)26(30)16-22)17-28(33-36)32-20-29-9-13-34(14-10-29)15-11-29/h2-7,16-17,21H,8-15,19-20H2,1H3,(H,32,33). The first kappa shape index (κ1) is 23.1. The fourth-order valence-corrected chi connectivity index (χ4v) is 6.05. The summed E-state index contributed by atoms with van der Waals surface area (Å²) in [6.07, 6.45) is 4.91. The van der Waals surface area contributed by atoms with Crippen LogP contribution in [0.2, 0.25) is 0 Å². The fourth-order valence-electron chi connectivity index (χ4n) is 6.05. The Kier molecular flexibility index (Phi) is 5.93. The summed E-state index contributed by atoms with van der Waals surface area (Å²) in [5.74, 6) is 1.01. The lowest BCUT2D eigenvalue weighted by Gasteiger charge is -2.48. The molecular weight excluding hydrogens is 451 g/mol. The van der Waals surface area contributed by atoms with Gasteiger partial charge < -0.3 is 15.1 Å². The Balaban J connectivity index is 1.31. The van der Waals surface area contributed by atoms with Crippen LogP contribution in [-0.2, 0) is 0 Å². The zero-order valence-corrected chi connectivity index (χ0v) is 20.9. The van der Waals surface area contributed by atoms with Crippen molar-refractivity contribution in [2.24, 2.45) is 11.3 Å². The van der Waals surface area contributed by atoms with Crippen LogP contribution >= 0.6 is 0 Å². The van der Waals surface area contributed by atoms with Crippen LogP contribution in [0.4, 0.5) is 15.9 Å². The minimum atomic E-state index is -0.511.